The molecule has 0 aliphatic carbocycles. The molecule has 3 N–H and O–H groups in total. The Labute approximate surface area is 146 Å². The maximum absolute atomic E-state index is 12.1. The molecular formula is C17H26N2O4S. The molecule has 0 radical (unpaired) electrons. The molecule has 1 amide bonds. The normalized spacial score (nSPS) is 32.1. The number of hydrogen-bond acceptors (Lipinski definition) is 6. The van der Waals surface area contributed by atoms with Gasteiger partial charge in [-0.25, -0.2) is 0 Å². The molecule has 7 heteroatoms. The molecule has 3 heterocycles. The molecule has 6 nitrogen and oxygen atoms in total. The largest absolute Gasteiger partial charge is 0.394 e. The molecule has 0 aromatic carbocycles. The predicted octanol–water partition coefficient (Wildman–Crippen LogP) is 0.699. The Morgan fingerprint density at radius 2 is 2.17 bits per heavy atom. The van der Waals surface area contributed by atoms with Gasteiger partial charge in [-0.1, -0.05) is 13.0 Å². The van der Waals surface area contributed by atoms with Gasteiger partial charge in [0.1, 0.15) is 12.2 Å². The van der Waals surface area contributed by atoms with Crippen molar-refractivity contribution in [2.75, 3.05) is 26.2 Å². The molecule has 0 bridgehead atoms. The number of carbonyl (C=O) groups excluding carboxylic acids is 1. The summed E-state index contributed by atoms with van der Waals surface area (Å²) in [7, 11) is 0. The third-order valence-corrected chi connectivity index (χ3v) is 5.96. The lowest BCUT2D eigenvalue weighted by molar-refractivity contribution is -0.0209. The molecule has 2 saturated heterocycles. The van der Waals surface area contributed by atoms with Crippen molar-refractivity contribution in [1.29, 1.82) is 0 Å². The molecule has 0 saturated carbocycles. The van der Waals surface area contributed by atoms with Crippen LogP contribution in [0.25, 0.3) is 0 Å². The van der Waals surface area contributed by atoms with Gasteiger partial charge in [0.05, 0.1) is 23.6 Å². The molecule has 0 unspecified atom stereocenters. The highest BCUT2D eigenvalue weighted by atomic mass is 32.1. The fourth-order valence-corrected chi connectivity index (χ4v) is 4.25. The zero-order valence-electron chi connectivity index (χ0n) is 13.9. The molecule has 24 heavy (non-hydrogen) atoms. The van der Waals surface area contributed by atoms with Crippen molar-refractivity contribution in [2.45, 2.75) is 44.1 Å². The monoisotopic (exact) mass is 354 g/mol. The van der Waals surface area contributed by atoms with Crippen LogP contribution in [0.2, 0.25) is 0 Å². The standard InChI is InChI=1S/C17H26N2O4S/c1-11-4-6-19(7-5-11)15-12(23-13(10-20)16(15)21)9-18-17(22)14-3-2-8-24-14/h2-3,8,11-13,15-16,20-21H,4-7,9-10H2,1H3,(H,18,22)/t12-,13+,15-,16-/m1/s1. The van der Waals surface area contributed by atoms with Crippen LogP contribution in [0.3, 0.4) is 0 Å². The summed E-state index contributed by atoms with van der Waals surface area (Å²) in [6, 6.07) is 3.44. The van der Waals surface area contributed by atoms with Crippen LogP contribution < -0.4 is 5.32 Å². The van der Waals surface area contributed by atoms with Crippen LogP contribution in [-0.4, -0.2) is 71.6 Å². The number of carbonyl (C=O) groups is 1. The Kier molecular flexibility index (Phi) is 5.89. The van der Waals surface area contributed by atoms with Crippen LogP contribution >= 0.6 is 11.3 Å². The molecule has 4 atom stereocenters. The van der Waals surface area contributed by atoms with Gasteiger partial charge in [-0.2, -0.15) is 0 Å². The van der Waals surface area contributed by atoms with E-state index in [0.717, 1.165) is 25.9 Å². The molecule has 134 valence electrons. The number of nitrogens with one attached hydrogen (secondary N) is 1. The quantitative estimate of drug-likeness (QED) is 0.725. The second-order valence-corrected chi connectivity index (χ2v) is 7.73. The number of thiophene rings is 1. The van der Waals surface area contributed by atoms with E-state index in [4.69, 9.17) is 4.74 Å². The lowest BCUT2D eigenvalue weighted by Crippen LogP contribution is -2.53. The summed E-state index contributed by atoms with van der Waals surface area (Å²) in [6.07, 6.45) is 0.572. The average molecular weight is 354 g/mol. The number of amides is 1. The third kappa shape index (κ3) is 3.81. The topological polar surface area (TPSA) is 82.0 Å². The summed E-state index contributed by atoms with van der Waals surface area (Å²) < 4.78 is 5.83. The Balaban J connectivity index is 1.63. The second kappa shape index (κ2) is 7.93. The number of piperidine rings is 1. The van der Waals surface area contributed by atoms with Crippen molar-refractivity contribution in [3.63, 3.8) is 0 Å². The van der Waals surface area contributed by atoms with Crippen LogP contribution in [0.5, 0.6) is 0 Å². The second-order valence-electron chi connectivity index (χ2n) is 6.78. The Bertz CT molecular complexity index is 531. The van der Waals surface area contributed by atoms with Crippen molar-refractivity contribution >= 4 is 17.2 Å². The van der Waals surface area contributed by atoms with Gasteiger partial charge in [0.15, 0.2) is 0 Å². The van der Waals surface area contributed by atoms with E-state index in [2.05, 4.69) is 17.1 Å². The number of rotatable bonds is 5. The SMILES string of the molecule is CC1CCN([C@H]2[C@H](O)[C@H](CO)O[C@@H]2CNC(=O)c2cccs2)CC1. The first-order valence-corrected chi connectivity index (χ1v) is 9.48. The van der Waals surface area contributed by atoms with E-state index in [9.17, 15) is 15.0 Å². The Morgan fingerprint density at radius 1 is 1.42 bits per heavy atom. The summed E-state index contributed by atoms with van der Waals surface area (Å²) in [5.74, 6) is 0.577. The minimum absolute atomic E-state index is 0.124. The van der Waals surface area contributed by atoms with Gasteiger partial charge in [0.25, 0.3) is 5.91 Å². The Hall–Kier alpha value is -0.990. The van der Waals surface area contributed by atoms with Crippen LogP contribution in [0.15, 0.2) is 17.5 Å². The molecule has 3 rings (SSSR count). The van der Waals surface area contributed by atoms with E-state index in [-0.39, 0.29) is 24.7 Å². The Morgan fingerprint density at radius 3 is 2.79 bits per heavy atom. The highest BCUT2D eigenvalue weighted by Gasteiger charge is 2.46. The van der Waals surface area contributed by atoms with Gasteiger partial charge < -0.3 is 20.3 Å². The minimum Gasteiger partial charge on any atom is -0.394 e. The molecule has 0 spiro atoms. The van der Waals surface area contributed by atoms with Crippen molar-refractivity contribution in [2.24, 2.45) is 5.92 Å². The predicted molar refractivity (Wildman–Crippen MR) is 92.2 cm³/mol. The zero-order valence-corrected chi connectivity index (χ0v) is 14.7. The minimum atomic E-state index is -0.730. The van der Waals surface area contributed by atoms with Gasteiger partial charge in [-0.3, -0.25) is 9.69 Å². The lowest BCUT2D eigenvalue weighted by atomic mass is 9.94. The molecule has 2 aliphatic heterocycles. The highest BCUT2D eigenvalue weighted by Crippen LogP contribution is 2.29. The van der Waals surface area contributed by atoms with E-state index in [0.29, 0.717) is 17.3 Å². The van der Waals surface area contributed by atoms with Gasteiger partial charge in [0.2, 0.25) is 0 Å². The molecule has 2 fully saturated rings. The molecule has 1 aromatic heterocycles. The van der Waals surface area contributed by atoms with Crippen LogP contribution in [0.4, 0.5) is 0 Å². The third-order valence-electron chi connectivity index (χ3n) is 5.09. The van der Waals surface area contributed by atoms with Crippen LogP contribution in [-0.2, 0) is 4.74 Å². The van der Waals surface area contributed by atoms with E-state index >= 15 is 0 Å². The van der Waals surface area contributed by atoms with Gasteiger partial charge in [-0.05, 0) is 43.3 Å². The van der Waals surface area contributed by atoms with Crippen molar-refractivity contribution in [1.82, 2.24) is 10.2 Å². The number of aliphatic hydroxyl groups excluding tert-OH is 2. The van der Waals surface area contributed by atoms with Crippen molar-refractivity contribution in [3.8, 4) is 0 Å². The van der Waals surface area contributed by atoms with Crippen molar-refractivity contribution in [3.05, 3.63) is 22.4 Å². The van der Waals surface area contributed by atoms with Gasteiger partial charge >= 0.3 is 0 Å². The van der Waals surface area contributed by atoms with E-state index < -0.39 is 12.2 Å². The highest BCUT2D eigenvalue weighted by molar-refractivity contribution is 7.12. The summed E-state index contributed by atoms with van der Waals surface area (Å²) in [6.45, 7) is 4.20. The molecule has 2 aliphatic rings. The number of aliphatic hydroxyl groups is 2. The number of hydrogen-bond donors (Lipinski definition) is 3. The lowest BCUT2D eigenvalue weighted by Gasteiger charge is -2.38. The van der Waals surface area contributed by atoms with E-state index in [1.165, 1.54) is 11.3 Å². The number of nitrogens with zero attached hydrogens (tertiary/aromatic N) is 1. The summed E-state index contributed by atoms with van der Waals surface area (Å²) in [4.78, 5) is 15.1. The average Bonchev–Trinajstić information content (AvgIpc) is 3.22. The summed E-state index contributed by atoms with van der Waals surface area (Å²) in [5.41, 5.74) is 0. The summed E-state index contributed by atoms with van der Waals surface area (Å²) in [5, 5.41) is 24.8. The van der Waals surface area contributed by atoms with E-state index in [1.54, 1.807) is 6.07 Å². The van der Waals surface area contributed by atoms with Crippen LogP contribution in [0.1, 0.15) is 29.4 Å². The maximum atomic E-state index is 12.1. The van der Waals surface area contributed by atoms with E-state index in [1.807, 2.05) is 11.4 Å². The molecule has 1 aromatic rings. The zero-order chi connectivity index (χ0) is 17.1. The smallest absolute Gasteiger partial charge is 0.261 e. The first kappa shape index (κ1) is 17.8. The van der Waals surface area contributed by atoms with Crippen molar-refractivity contribution < 1.29 is 19.7 Å². The fraction of sp³-hybridized carbons (Fsp3) is 0.706. The molecular weight excluding hydrogens is 328 g/mol. The fourth-order valence-electron chi connectivity index (χ4n) is 3.61. The first-order valence-electron chi connectivity index (χ1n) is 8.60. The van der Waals surface area contributed by atoms with Gasteiger partial charge in [-0.15, -0.1) is 11.3 Å². The number of ether oxygens (including phenoxy) is 1. The number of likely N-dealkylation sites (tertiary alicyclic amines) is 1. The maximum Gasteiger partial charge on any atom is 0.261 e. The summed E-state index contributed by atoms with van der Waals surface area (Å²) >= 11 is 1.40. The first-order chi connectivity index (χ1) is 11.6. The van der Waals surface area contributed by atoms with Crippen LogP contribution in [0, 0.1) is 5.92 Å². The van der Waals surface area contributed by atoms with Gasteiger partial charge in [0, 0.05) is 6.54 Å².